The van der Waals surface area contributed by atoms with Crippen LogP contribution in [0.1, 0.15) is 34.3 Å². The molecule has 23 heavy (non-hydrogen) atoms. The van der Waals surface area contributed by atoms with Crippen LogP contribution in [0.3, 0.4) is 0 Å². The Hall–Kier alpha value is -3.08. The van der Waals surface area contributed by atoms with Gasteiger partial charge in [-0.1, -0.05) is 30.3 Å². The van der Waals surface area contributed by atoms with Gasteiger partial charge >= 0.3 is 5.97 Å². The number of rotatable bonds is 4. The van der Waals surface area contributed by atoms with Crippen LogP contribution in [0.25, 0.3) is 11.0 Å². The van der Waals surface area contributed by atoms with Crippen LogP contribution in [0.5, 0.6) is 5.75 Å². The Bertz CT molecular complexity index is 892. The van der Waals surface area contributed by atoms with Crippen molar-refractivity contribution in [3.63, 3.8) is 0 Å². The summed E-state index contributed by atoms with van der Waals surface area (Å²) in [7, 11) is 0. The van der Waals surface area contributed by atoms with Crippen LogP contribution >= 0.6 is 0 Å². The minimum atomic E-state index is -1.08. The Morgan fingerprint density at radius 2 is 1.83 bits per heavy atom. The van der Waals surface area contributed by atoms with E-state index in [0.29, 0.717) is 10.9 Å². The number of furan rings is 1. The number of hydrogen-bond donors (Lipinski definition) is 2. The first-order chi connectivity index (χ1) is 11.0. The van der Waals surface area contributed by atoms with Crippen LogP contribution < -0.4 is 0 Å². The highest BCUT2D eigenvalue weighted by Gasteiger charge is 2.26. The fraction of sp³-hybridized carbons (Fsp3) is 0.111. The number of carboxylic acids is 1. The second-order valence-corrected chi connectivity index (χ2v) is 5.28. The molecule has 5 heteroatoms. The highest BCUT2D eigenvalue weighted by Crippen LogP contribution is 2.37. The van der Waals surface area contributed by atoms with Crippen LogP contribution in [-0.4, -0.2) is 22.0 Å². The monoisotopic (exact) mass is 310 g/mol. The van der Waals surface area contributed by atoms with Crippen molar-refractivity contribution in [2.75, 3.05) is 0 Å². The van der Waals surface area contributed by atoms with E-state index < -0.39 is 17.7 Å². The highest BCUT2D eigenvalue weighted by atomic mass is 16.4. The Balaban J connectivity index is 2.27. The molecule has 2 N–H and O–H groups in total. The summed E-state index contributed by atoms with van der Waals surface area (Å²) in [6.45, 7) is 1.46. The zero-order chi connectivity index (χ0) is 16.6. The van der Waals surface area contributed by atoms with Crippen LogP contribution in [0.2, 0.25) is 0 Å². The van der Waals surface area contributed by atoms with E-state index >= 15 is 0 Å². The maximum absolute atomic E-state index is 12.8. The Kier molecular flexibility index (Phi) is 3.62. The fourth-order valence-corrected chi connectivity index (χ4v) is 2.53. The smallest absolute Gasteiger partial charge is 0.310 e. The van der Waals surface area contributed by atoms with E-state index in [1.165, 1.54) is 19.3 Å². The van der Waals surface area contributed by atoms with Gasteiger partial charge in [-0.25, -0.2) is 0 Å². The van der Waals surface area contributed by atoms with Crippen molar-refractivity contribution in [3.05, 3.63) is 65.4 Å². The average Bonchev–Trinajstić information content (AvgIpc) is 3.01. The van der Waals surface area contributed by atoms with Gasteiger partial charge in [0.2, 0.25) is 5.78 Å². The maximum Gasteiger partial charge on any atom is 0.310 e. The van der Waals surface area contributed by atoms with Gasteiger partial charge in [0.05, 0.1) is 12.2 Å². The lowest BCUT2D eigenvalue weighted by Crippen LogP contribution is -2.10. The number of hydrogen-bond acceptors (Lipinski definition) is 4. The minimum Gasteiger partial charge on any atom is -0.507 e. The number of ketones is 1. The Morgan fingerprint density at radius 3 is 2.48 bits per heavy atom. The molecule has 0 bridgehead atoms. The van der Waals surface area contributed by atoms with Crippen molar-refractivity contribution in [1.29, 1.82) is 0 Å². The van der Waals surface area contributed by atoms with Crippen molar-refractivity contribution in [2.24, 2.45) is 0 Å². The topological polar surface area (TPSA) is 87.7 Å². The standard InChI is InChI=1S/C18H14O5/c1-10(18(21)22)13-9-12-7-8-23-17(12)14(16(13)20)15(19)11-5-3-2-4-6-11/h2-10,20H,1H3,(H,21,22). The summed E-state index contributed by atoms with van der Waals surface area (Å²) in [5, 5.41) is 20.3. The third-order valence-corrected chi connectivity index (χ3v) is 3.84. The molecule has 1 heterocycles. The third kappa shape index (κ3) is 2.46. The fourth-order valence-electron chi connectivity index (χ4n) is 2.53. The molecule has 2 aromatic carbocycles. The van der Waals surface area contributed by atoms with Crippen LogP contribution in [0.15, 0.2) is 53.1 Å². The normalized spacial score (nSPS) is 12.2. The molecule has 0 saturated heterocycles. The summed E-state index contributed by atoms with van der Waals surface area (Å²) in [6, 6.07) is 11.6. The average molecular weight is 310 g/mol. The zero-order valence-corrected chi connectivity index (χ0v) is 12.3. The van der Waals surface area contributed by atoms with E-state index in [-0.39, 0.29) is 22.5 Å². The number of aliphatic carboxylic acids is 1. The predicted octanol–water partition coefficient (Wildman–Crippen LogP) is 3.56. The van der Waals surface area contributed by atoms with Gasteiger partial charge in [0.25, 0.3) is 0 Å². The molecule has 0 aliphatic carbocycles. The predicted molar refractivity (Wildman–Crippen MR) is 83.8 cm³/mol. The number of carbonyl (C=O) groups is 2. The van der Waals surface area contributed by atoms with E-state index in [0.717, 1.165) is 0 Å². The number of benzene rings is 2. The lowest BCUT2D eigenvalue weighted by atomic mass is 9.92. The SMILES string of the molecule is CC(C(=O)O)c1cc2ccoc2c(C(=O)c2ccccc2)c1O. The first kappa shape index (κ1) is 14.8. The van der Waals surface area contributed by atoms with Crippen molar-refractivity contribution in [3.8, 4) is 5.75 Å². The van der Waals surface area contributed by atoms with Crippen molar-refractivity contribution < 1.29 is 24.2 Å². The molecule has 116 valence electrons. The molecular weight excluding hydrogens is 296 g/mol. The van der Waals surface area contributed by atoms with Crippen LogP contribution in [0, 0.1) is 0 Å². The molecule has 0 spiro atoms. The minimum absolute atomic E-state index is 0.0122. The third-order valence-electron chi connectivity index (χ3n) is 3.84. The van der Waals surface area contributed by atoms with Gasteiger partial charge in [0.15, 0.2) is 0 Å². The summed E-state index contributed by atoms with van der Waals surface area (Å²) in [4.78, 5) is 24.0. The maximum atomic E-state index is 12.8. The number of fused-ring (bicyclic) bond motifs is 1. The molecular formula is C18H14O5. The zero-order valence-electron chi connectivity index (χ0n) is 12.3. The van der Waals surface area contributed by atoms with E-state index in [4.69, 9.17) is 4.42 Å². The quantitative estimate of drug-likeness (QED) is 0.719. The number of carboxylic acid groups (broad SMARTS) is 1. The van der Waals surface area contributed by atoms with Gasteiger partial charge in [-0.05, 0) is 19.1 Å². The van der Waals surface area contributed by atoms with E-state index in [1.807, 2.05) is 0 Å². The van der Waals surface area contributed by atoms with Crippen LogP contribution in [0.4, 0.5) is 0 Å². The molecule has 1 atom stereocenters. The lowest BCUT2D eigenvalue weighted by Gasteiger charge is -2.13. The van der Waals surface area contributed by atoms with Gasteiger partial charge in [0, 0.05) is 16.5 Å². The van der Waals surface area contributed by atoms with Crippen molar-refractivity contribution in [2.45, 2.75) is 12.8 Å². The summed E-state index contributed by atoms with van der Waals surface area (Å²) < 4.78 is 5.34. The number of phenols is 1. The molecule has 0 aliphatic rings. The van der Waals surface area contributed by atoms with Crippen molar-refractivity contribution in [1.82, 2.24) is 0 Å². The summed E-state index contributed by atoms with van der Waals surface area (Å²) in [5.74, 6) is -2.79. The first-order valence-corrected chi connectivity index (χ1v) is 7.06. The Labute approximate surface area is 131 Å². The second-order valence-electron chi connectivity index (χ2n) is 5.28. The number of aromatic hydroxyl groups is 1. The molecule has 0 saturated carbocycles. The summed E-state index contributed by atoms with van der Waals surface area (Å²) >= 11 is 0. The molecule has 3 rings (SSSR count). The van der Waals surface area contributed by atoms with E-state index in [9.17, 15) is 19.8 Å². The largest absolute Gasteiger partial charge is 0.507 e. The molecule has 1 aromatic heterocycles. The molecule has 0 radical (unpaired) electrons. The molecule has 5 nitrogen and oxygen atoms in total. The van der Waals surface area contributed by atoms with Gasteiger partial charge in [-0.3, -0.25) is 9.59 Å². The van der Waals surface area contributed by atoms with Gasteiger partial charge in [-0.2, -0.15) is 0 Å². The molecule has 0 amide bonds. The lowest BCUT2D eigenvalue weighted by molar-refractivity contribution is -0.138. The number of carbonyl (C=O) groups excluding carboxylic acids is 1. The Morgan fingerprint density at radius 1 is 1.13 bits per heavy atom. The van der Waals surface area contributed by atoms with Gasteiger partial charge in [-0.15, -0.1) is 0 Å². The molecule has 0 aliphatic heterocycles. The summed E-state index contributed by atoms with van der Waals surface area (Å²) in [6.07, 6.45) is 1.40. The molecule has 0 fully saturated rings. The second kappa shape index (κ2) is 5.61. The van der Waals surface area contributed by atoms with Crippen molar-refractivity contribution >= 4 is 22.7 Å². The van der Waals surface area contributed by atoms with Crippen LogP contribution in [-0.2, 0) is 4.79 Å². The van der Waals surface area contributed by atoms with Gasteiger partial charge in [0.1, 0.15) is 16.9 Å². The highest BCUT2D eigenvalue weighted by molar-refractivity contribution is 6.17. The van der Waals surface area contributed by atoms with E-state index in [1.54, 1.807) is 36.4 Å². The van der Waals surface area contributed by atoms with E-state index in [2.05, 4.69) is 0 Å². The molecule has 3 aromatic rings. The summed E-state index contributed by atoms with van der Waals surface area (Å²) in [5.41, 5.74) is 0.811. The van der Waals surface area contributed by atoms with Gasteiger partial charge < -0.3 is 14.6 Å². The first-order valence-electron chi connectivity index (χ1n) is 7.06. The number of phenolic OH excluding ortho intramolecular Hbond substituents is 1. The molecule has 1 unspecified atom stereocenters.